The molecule has 1 aliphatic carbocycles. The third-order valence-electron chi connectivity index (χ3n) is 3.53. The lowest BCUT2D eigenvalue weighted by Gasteiger charge is -2.36. The maximum absolute atomic E-state index is 12.1. The molecular weight excluding hydrogens is 248 g/mol. The van der Waals surface area contributed by atoms with E-state index in [-0.39, 0.29) is 18.1 Å². The van der Waals surface area contributed by atoms with Gasteiger partial charge in [-0.3, -0.25) is 9.59 Å². The summed E-state index contributed by atoms with van der Waals surface area (Å²) in [6.45, 7) is 1.73. The molecular formula is C13H18N2O4. The molecule has 0 bridgehead atoms. The number of carbonyl (C=O) groups excluding carboxylic acids is 1. The standard InChI is InChI=1S/C13H18N2O4/c1-9-7-10(19-15-9)12(18)14-13(8-11(16)17)5-3-2-4-6-13/h7H,2-6,8H2,1H3,(H,14,18)(H,16,17). The van der Waals surface area contributed by atoms with Crippen molar-refractivity contribution in [3.63, 3.8) is 0 Å². The average molecular weight is 266 g/mol. The fourth-order valence-corrected chi connectivity index (χ4v) is 2.64. The summed E-state index contributed by atoms with van der Waals surface area (Å²) >= 11 is 0. The molecule has 6 nitrogen and oxygen atoms in total. The molecule has 1 saturated carbocycles. The molecule has 2 N–H and O–H groups in total. The number of nitrogens with one attached hydrogen (secondary N) is 1. The number of hydrogen-bond donors (Lipinski definition) is 2. The Morgan fingerprint density at radius 3 is 2.63 bits per heavy atom. The number of carboxylic acids is 1. The van der Waals surface area contributed by atoms with E-state index in [1.165, 1.54) is 0 Å². The second-order valence-electron chi connectivity index (χ2n) is 5.20. The van der Waals surface area contributed by atoms with Crippen LogP contribution in [0.4, 0.5) is 0 Å². The van der Waals surface area contributed by atoms with Crippen molar-refractivity contribution in [1.82, 2.24) is 10.5 Å². The molecule has 1 aromatic heterocycles. The molecule has 1 amide bonds. The topological polar surface area (TPSA) is 92.4 Å². The van der Waals surface area contributed by atoms with Gasteiger partial charge in [-0.25, -0.2) is 0 Å². The normalized spacial score (nSPS) is 17.9. The number of carboxylic acid groups (broad SMARTS) is 1. The third kappa shape index (κ3) is 3.33. The number of aryl methyl sites for hydroxylation is 1. The molecule has 0 atom stereocenters. The van der Waals surface area contributed by atoms with Crippen molar-refractivity contribution < 1.29 is 19.2 Å². The average Bonchev–Trinajstić information content (AvgIpc) is 2.76. The van der Waals surface area contributed by atoms with Crippen LogP contribution in [-0.2, 0) is 4.79 Å². The van der Waals surface area contributed by atoms with Crippen LogP contribution in [0.15, 0.2) is 10.6 Å². The zero-order valence-corrected chi connectivity index (χ0v) is 10.9. The fourth-order valence-electron chi connectivity index (χ4n) is 2.64. The van der Waals surface area contributed by atoms with Gasteiger partial charge in [0.2, 0.25) is 5.76 Å². The molecule has 0 radical (unpaired) electrons. The van der Waals surface area contributed by atoms with Crippen LogP contribution >= 0.6 is 0 Å². The first-order chi connectivity index (χ1) is 9.01. The minimum Gasteiger partial charge on any atom is -0.481 e. The number of hydrogen-bond acceptors (Lipinski definition) is 4. The van der Waals surface area contributed by atoms with Gasteiger partial charge in [-0.1, -0.05) is 24.4 Å². The number of aromatic nitrogens is 1. The van der Waals surface area contributed by atoms with Gasteiger partial charge in [0.25, 0.3) is 5.91 Å². The van der Waals surface area contributed by atoms with E-state index in [0.717, 1.165) is 19.3 Å². The Morgan fingerprint density at radius 2 is 2.11 bits per heavy atom. The SMILES string of the molecule is Cc1cc(C(=O)NC2(CC(=O)O)CCCCC2)on1. The van der Waals surface area contributed by atoms with Crippen LogP contribution in [-0.4, -0.2) is 27.7 Å². The number of nitrogens with zero attached hydrogens (tertiary/aromatic N) is 1. The zero-order valence-electron chi connectivity index (χ0n) is 10.9. The maximum atomic E-state index is 12.1. The molecule has 1 aliphatic rings. The van der Waals surface area contributed by atoms with Crippen LogP contribution in [0.25, 0.3) is 0 Å². The van der Waals surface area contributed by atoms with Crippen molar-refractivity contribution in [3.8, 4) is 0 Å². The molecule has 104 valence electrons. The zero-order chi connectivity index (χ0) is 13.9. The number of amides is 1. The first kappa shape index (κ1) is 13.6. The smallest absolute Gasteiger partial charge is 0.305 e. The Hall–Kier alpha value is -1.85. The summed E-state index contributed by atoms with van der Waals surface area (Å²) in [4.78, 5) is 23.1. The van der Waals surface area contributed by atoms with Crippen LogP contribution in [0.2, 0.25) is 0 Å². The lowest BCUT2D eigenvalue weighted by Crippen LogP contribution is -2.51. The molecule has 2 rings (SSSR count). The Morgan fingerprint density at radius 1 is 1.42 bits per heavy atom. The maximum Gasteiger partial charge on any atom is 0.305 e. The predicted octanol–water partition coefficient (Wildman–Crippen LogP) is 1.89. The van der Waals surface area contributed by atoms with Crippen molar-refractivity contribution in [2.45, 2.75) is 51.0 Å². The Labute approximate surface area is 111 Å². The molecule has 0 spiro atoms. The Kier molecular flexibility index (Phi) is 3.87. The van der Waals surface area contributed by atoms with Gasteiger partial charge >= 0.3 is 5.97 Å². The van der Waals surface area contributed by atoms with E-state index in [9.17, 15) is 9.59 Å². The van der Waals surface area contributed by atoms with Crippen LogP contribution < -0.4 is 5.32 Å². The lowest BCUT2D eigenvalue weighted by atomic mass is 9.79. The van der Waals surface area contributed by atoms with E-state index in [1.807, 2.05) is 0 Å². The van der Waals surface area contributed by atoms with Gasteiger partial charge in [0.05, 0.1) is 17.7 Å². The minimum absolute atomic E-state index is 0.0497. The second-order valence-corrected chi connectivity index (χ2v) is 5.20. The summed E-state index contributed by atoms with van der Waals surface area (Å²) in [5.41, 5.74) is -0.0249. The monoisotopic (exact) mass is 266 g/mol. The van der Waals surface area contributed by atoms with Gasteiger partial charge in [-0.05, 0) is 19.8 Å². The first-order valence-corrected chi connectivity index (χ1v) is 6.48. The van der Waals surface area contributed by atoms with Crippen molar-refractivity contribution in [1.29, 1.82) is 0 Å². The molecule has 1 heterocycles. The summed E-state index contributed by atoms with van der Waals surface area (Å²) in [6, 6.07) is 1.55. The van der Waals surface area contributed by atoms with E-state index < -0.39 is 11.5 Å². The summed E-state index contributed by atoms with van der Waals surface area (Å²) in [6.07, 6.45) is 4.28. The van der Waals surface area contributed by atoms with Crippen molar-refractivity contribution in [2.24, 2.45) is 0 Å². The third-order valence-corrected chi connectivity index (χ3v) is 3.53. The van der Waals surface area contributed by atoms with Crippen molar-refractivity contribution >= 4 is 11.9 Å². The predicted molar refractivity (Wildman–Crippen MR) is 66.8 cm³/mol. The Bertz CT molecular complexity index is 475. The quantitative estimate of drug-likeness (QED) is 0.868. The van der Waals surface area contributed by atoms with Crippen LogP contribution in [0.1, 0.15) is 54.8 Å². The van der Waals surface area contributed by atoms with E-state index in [2.05, 4.69) is 10.5 Å². The molecule has 0 aliphatic heterocycles. The van der Waals surface area contributed by atoms with E-state index in [0.29, 0.717) is 18.5 Å². The molecule has 1 fully saturated rings. The van der Waals surface area contributed by atoms with E-state index in [4.69, 9.17) is 9.63 Å². The van der Waals surface area contributed by atoms with Gasteiger partial charge < -0.3 is 14.9 Å². The van der Waals surface area contributed by atoms with Gasteiger partial charge in [-0.2, -0.15) is 0 Å². The second kappa shape index (κ2) is 5.42. The molecule has 0 aromatic carbocycles. The first-order valence-electron chi connectivity index (χ1n) is 6.48. The van der Waals surface area contributed by atoms with Gasteiger partial charge in [0, 0.05) is 6.07 Å². The molecule has 19 heavy (non-hydrogen) atoms. The minimum atomic E-state index is -0.893. The highest BCUT2D eigenvalue weighted by Gasteiger charge is 2.36. The van der Waals surface area contributed by atoms with Crippen LogP contribution in [0.3, 0.4) is 0 Å². The molecule has 1 aromatic rings. The summed E-state index contributed by atoms with van der Waals surface area (Å²) in [5.74, 6) is -1.15. The summed E-state index contributed by atoms with van der Waals surface area (Å²) in [5, 5.41) is 15.5. The highest BCUT2D eigenvalue weighted by atomic mass is 16.5. The van der Waals surface area contributed by atoms with Crippen molar-refractivity contribution in [3.05, 3.63) is 17.5 Å². The van der Waals surface area contributed by atoms with Gasteiger partial charge in [0.15, 0.2) is 0 Å². The van der Waals surface area contributed by atoms with Crippen LogP contribution in [0, 0.1) is 6.92 Å². The summed E-state index contributed by atoms with van der Waals surface area (Å²) < 4.78 is 4.91. The fraction of sp³-hybridized carbons (Fsp3) is 0.615. The number of carbonyl (C=O) groups is 2. The summed E-state index contributed by atoms with van der Waals surface area (Å²) in [7, 11) is 0. The van der Waals surface area contributed by atoms with Gasteiger partial charge in [-0.15, -0.1) is 0 Å². The largest absolute Gasteiger partial charge is 0.481 e. The van der Waals surface area contributed by atoms with E-state index in [1.54, 1.807) is 13.0 Å². The van der Waals surface area contributed by atoms with Crippen molar-refractivity contribution in [2.75, 3.05) is 0 Å². The highest BCUT2D eigenvalue weighted by Crippen LogP contribution is 2.31. The van der Waals surface area contributed by atoms with Crippen LogP contribution in [0.5, 0.6) is 0 Å². The van der Waals surface area contributed by atoms with E-state index >= 15 is 0 Å². The molecule has 0 unspecified atom stereocenters. The molecule has 0 saturated heterocycles. The lowest BCUT2D eigenvalue weighted by molar-refractivity contribution is -0.139. The number of aliphatic carboxylic acids is 1. The number of rotatable bonds is 4. The Balaban J connectivity index is 2.11. The highest BCUT2D eigenvalue weighted by molar-refractivity contribution is 5.92. The molecule has 6 heteroatoms. The van der Waals surface area contributed by atoms with Gasteiger partial charge in [0.1, 0.15) is 0 Å².